The van der Waals surface area contributed by atoms with E-state index < -0.39 is 11.7 Å². The maximum atomic E-state index is 13.9. The van der Waals surface area contributed by atoms with Crippen molar-refractivity contribution < 1.29 is 13.9 Å². The predicted molar refractivity (Wildman–Crippen MR) is 88.8 cm³/mol. The van der Waals surface area contributed by atoms with Crippen molar-refractivity contribution in [3.8, 4) is 0 Å². The molecule has 1 heterocycles. The number of carbonyl (C=O) groups is 1. The number of hydrogen-bond acceptors (Lipinski definition) is 3. The molecule has 1 N–H and O–H groups in total. The van der Waals surface area contributed by atoms with Crippen molar-refractivity contribution in [1.82, 2.24) is 0 Å². The Bertz CT molecular complexity index is 717. The number of hydrogen-bond donors (Lipinski definition) is 1. The fourth-order valence-corrected chi connectivity index (χ4v) is 2.68. The molecule has 3 rings (SSSR count). The van der Waals surface area contributed by atoms with Crippen LogP contribution in [-0.4, -0.2) is 32.2 Å². The van der Waals surface area contributed by atoms with Gasteiger partial charge in [-0.15, -0.1) is 0 Å². The summed E-state index contributed by atoms with van der Waals surface area (Å²) in [7, 11) is 0. The third kappa shape index (κ3) is 3.63. The first-order valence-electron chi connectivity index (χ1n) is 7.33. The molecule has 23 heavy (non-hydrogen) atoms. The summed E-state index contributed by atoms with van der Waals surface area (Å²) in [6.45, 7) is 2.80. The van der Waals surface area contributed by atoms with Gasteiger partial charge in [-0.3, -0.25) is 4.79 Å². The van der Waals surface area contributed by atoms with Crippen LogP contribution in [0.25, 0.3) is 0 Å². The quantitative estimate of drug-likeness (QED) is 0.933. The van der Waals surface area contributed by atoms with Gasteiger partial charge in [0.1, 0.15) is 5.82 Å². The standard InChI is InChI=1S/C17H16ClFN2O2/c18-12-5-6-13(14(19)11-12)17(22)20-15-3-1-2-4-16(15)21-7-9-23-10-8-21/h1-6,11H,7-10H2,(H,20,22). The van der Waals surface area contributed by atoms with Gasteiger partial charge in [0, 0.05) is 18.1 Å². The highest BCUT2D eigenvalue weighted by molar-refractivity contribution is 6.30. The molecule has 0 atom stereocenters. The molecule has 0 aromatic heterocycles. The second kappa shape index (κ2) is 6.98. The highest BCUT2D eigenvalue weighted by atomic mass is 35.5. The molecule has 2 aromatic rings. The fourth-order valence-electron chi connectivity index (χ4n) is 2.52. The van der Waals surface area contributed by atoms with Crippen LogP contribution in [0.15, 0.2) is 42.5 Å². The fraction of sp³-hybridized carbons (Fsp3) is 0.235. The lowest BCUT2D eigenvalue weighted by atomic mass is 10.1. The van der Waals surface area contributed by atoms with Crippen molar-refractivity contribution in [2.24, 2.45) is 0 Å². The lowest BCUT2D eigenvalue weighted by molar-refractivity contribution is 0.102. The van der Waals surface area contributed by atoms with Crippen molar-refractivity contribution in [2.45, 2.75) is 0 Å². The zero-order valence-electron chi connectivity index (χ0n) is 12.4. The number of halogens is 2. The third-order valence-electron chi connectivity index (χ3n) is 3.68. The topological polar surface area (TPSA) is 41.6 Å². The number of benzene rings is 2. The van der Waals surface area contributed by atoms with Crippen molar-refractivity contribution in [3.05, 3.63) is 58.9 Å². The van der Waals surface area contributed by atoms with Gasteiger partial charge >= 0.3 is 0 Å². The van der Waals surface area contributed by atoms with Gasteiger partial charge in [-0.2, -0.15) is 0 Å². The first-order chi connectivity index (χ1) is 11.1. The van der Waals surface area contributed by atoms with Gasteiger partial charge in [0.2, 0.25) is 0 Å². The smallest absolute Gasteiger partial charge is 0.258 e. The van der Waals surface area contributed by atoms with E-state index in [1.54, 1.807) is 6.07 Å². The van der Waals surface area contributed by atoms with Crippen molar-refractivity contribution in [1.29, 1.82) is 0 Å². The van der Waals surface area contributed by atoms with E-state index in [9.17, 15) is 9.18 Å². The Labute approximate surface area is 138 Å². The Morgan fingerprint density at radius 2 is 1.91 bits per heavy atom. The summed E-state index contributed by atoms with van der Waals surface area (Å²) in [5.41, 5.74) is 1.51. The molecule has 4 nitrogen and oxygen atoms in total. The molecule has 120 valence electrons. The Morgan fingerprint density at radius 3 is 2.65 bits per heavy atom. The Balaban J connectivity index is 1.83. The maximum absolute atomic E-state index is 13.9. The Hall–Kier alpha value is -2.11. The minimum atomic E-state index is -0.640. The van der Waals surface area contributed by atoms with E-state index >= 15 is 0 Å². The Kier molecular flexibility index (Phi) is 4.79. The molecular weight excluding hydrogens is 319 g/mol. The van der Waals surface area contributed by atoms with E-state index in [0.29, 0.717) is 18.9 Å². The van der Waals surface area contributed by atoms with Gasteiger partial charge in [-0.1, -0.05) is 23.7 Å². The monoisotopic (exact) mass is 334 g/mol. The number of rotatable bonds is 3. The number of morpholine rings is 1. The molecule has 0 radical (unpaired) electrons. The van der Waals surface area contributed by atoms with Crippen LogP contribution in [0.3, 0.4) is 0 Å². The van der Waals surface area contributed by atoms with Gasteiger partial charge in [0.25, 0.3) is 5.91 Å². The zero-order chi connectivity index (χ0) is 16.2. The van der Waals surface area contributed by atoms with Crippen LogP contribution in [-0.2, 0) is 4.74 Å². The van der Waals surface area contributed by atoms with E-state index in [0.717, 1.165) is 24.8 Å². The first-order valence-corrected chi connectivity index (χ1v) is 7.71. The number of anilines is 2. The number of para-hydroxylation sites is 2. The van der Waals surface area contributed by atoms with E-state index in [-0.39, 0.29) is 10.6 Å². The molecule has 2 aromatic carbocycles. The van der Waals surface area contributed by atoms with Crippen LogP contribution >= 0.6 is 11.6 Å². The summed E-state index contributed by atoms with van der Waals surface area (Å²) in [6, 6.07) is 11.5. The molecule has 0 bridgehead atoms. The second-order valence-corrected chi connectivity index (χ2v) is 5.63. The summed E-state index contributed by atoms with van der Waals surface area (Å²) in [5.74, 6) is -1.14. The molecule has 1 saturated heterocycles. The Morgan fingerprint density at radius 1 is 1.17 bits per heavy atom. The summed E-state index contributed by atoms with van der Waals surface area (Å²) in [6.07, 6.45) is 0. The molecule has 0 aliphatic carbocycles. The number of carbonyl (C=O) groups excluding carboxylic acids is 1. The van der Waals surface area contributed by atoms with Gasteiger partial charge in [-0.05, 0) is 30.3 Å². The first kappa shape index (κ1) is 15.8. The molecule has 1 fully saturated rings. The third-order valence-corrected chi connectivity index (χ3v) is 3.91. The molecule has 0 saturated carbocycles. The number of ether oxygens (including phenoxy) is 1. The average molecular weight is 335 g/mol. The molecular formula is C17H16ClFN2O2. The van der Waals surface area contributed by atoms with Crippen molar-refractivity contribution in [3.63, 3.8) is 0 Å². The second-order valence-electron chi connectivity index (χ2n) is 5.19. The lowest BCUT2D eigenvalue weighted by Crippen LogP contribution is -2.36. The normalized spacial score (nSPS) is 14.6. The number of amides is 1. The van der Waals surface area contributed by atoms with Crippen molar-refractivity contribution in [2.75, 3.05) is 36.5 Å². The number of nitrogens with one attached hydrogen (secondary N) is 1. The molecule has 0 spiro atoms. The molecule has 6 heteroatoms. The van der Waals surface area contributed by atoms with Crippen LogP contribution in [0, 0.1) is 5.82 Å². The van der Waals surface area contributed by atoms with E-state index in [2.05, 4.69) is 10.2 Å². The van der Waals surface area contributed by atoms with Gasteiger partial charge in [-0.25, -0.2) is 4.39 Å². The summed E-state index contributed by atoms with van der Waals surface area (Å²) in [5, 5.41) is 3.04. The molecule has 1 aliphatic rings. The SMILES string of the molecule is O=C(Nc1ccccc1N1CCOCC1)c1ccc(Cl)cc1F. The van der Waals surface area contributed by atoms with E-state index in [1.807, 2.05) is 18.2 Å². The predicted octanol–water partition coefficient (Wildman–Crippen LogP) is 3.57. The lowest BCUT2D eigenvalue weighted by Gasteiger charge is -2.30. The van der Waals surface area contributed by atoms with E-state index in [1.165, 1.54) is 12.1 Å². The maximum Gasteiger partial charge on any atom is 0.258 e. The molecule has 0 unspecified atom stereocenters. The van der Waals surface area contributed by atoms with Crippen LogP contribution in [0.2, 0.25) is 5.02 Å². The van der Waals surface area contributed by atoms with Gasteiger partial charge < -0.3 is 15.0 Å². The van der Waals surface area contributed by atoms with Crippen LogP contribution in [0.5, 0.6) is 0 Å². The molecule has 1 aliphatic heterocycles. The summed E-state index contributed by atoms with van der Waals surface area (Å²) >= 11 is 5.72. The minimum Gasteiger partial charge on any atom is -0.378 e. The van der Waals surface area contributed by atoms with Crippen LogP contribution < -0.4 is 10.2 Å². The van der Waals surface area contributed by atoms with Gasteiger partial charge in [0.05, 0.1) is 30.2 Å². The minimum absolute atomic E-state index is 0.0359. The van der Waals surface area contributed by atoms with Crippen LogP contribution in [0.1, 0.15) is 10.4 Å². The molecule has 1 amide bonds. The van der Waals surface area contributed by atoms with Gasteiger partial charge in [0.15, 0.2) is 0 Å². The average Bonchev–Trinajstić information content (AvgIpc) is 2.56. The highest BCUT2D eigenvalue weighted by Gasteiger charge is 2.17. The van der Waals surface area contributed by atoms with Crippen molar-refractivity contribution >= 4 is 28.9 Å². The number of nitrogens with zero attached hydrogens (tertiary/aromatic N) is 1. The summed E-state index contributed by atoms with van der Waals surface area (Å²) < 4.78 is 19.2. The summed E-state index contributed by atoms with van der Waals surface area (Å²) in [4.78, 5) is 14.5. The van der Waals surface area contributed by atoms with E-state index in [4.69, 9.17) is 16.3 Å². The highest BCUT2D eigenvalue weighted by Crippen LogP contribution is 2.27. The van der Waals surface area contributed by atoms with Crippen LogP contribution in [0.4, 0.5) is 15.8 Å². The largest absolute Gasteiger partial charge is 0.378 e. The zero-order valence-corrected chi connectivity index (χ0v) is 13.1.